The number of nitrogens with one attached hydrogen (secondary N) is 1. The summed E-state index contributed by atoms with van der Waals surface area (Å²) in [5.74, 6) is 0.981. The summed E-state index contributed by atoms with van der Waals surface area (Å²) >= 11 is 0. The fourth-order valence-corrected chi connectivity index (χ4v) is 2.66. The first-order valence-corrected chi connectivity index (χ1v) is 7.12. The van der Waals surface area contributed by atoms with Gasteiger partial charge in [-0.15, -0.1) is 0 Å². The van der Waals surface area contributed by atoms with Crippen LogP contribution in [0.4, 0.5) is 0 Å². The van der Waals surface area contributed by atoms with E-state index in [1.807, 2.05) is 6.07 Å². The van der Waals surface area contributed by atoms with E-state index in [1.54, 1.807) is 0 Å². The molecule has 1 aromatic carbocycles. The molecule has 18 heavy (non-hydrogen) atoms. The van der Waals surface area contributed by atoms with Crippen LogP contribution in [0.2, 0.25) is 0 Å². The maximum Gasteiger partial charge on any atom is 0.120 e. The van der Waals surface area contributed by atoms with E-state index in [1.165, 1.54) is 31.2 Å². The highest BCUT2D eigenvalue weighted by atomic mass is 16.5. The lowest BCUT2D eigenvalue weighted by molar-refractivity contribution is 0.241. The minimum atomic E-state index is 0.104. The molecule has 2 rings (SSSR count). The molecular weight excluding hydrogens is 222 g/mol. The van der Waals surface area contributed by atoms with Crippen LogP contribution >= 0.6 is 0 Å². The van der Waals surface area contributed by atoms with Crippen LogP contribution in [0.3, 0.4) is 0 Å². The van der Waals surface area contributed by atoms with Crippen molar-refractivity contribution in [1.29, 1.82) is 0 Å². The second-order valence-corrected chi connectivity index (χ2v) is 5.76. The van der Waals surface area contributed by atoms with Crippen molar-refractivity contribution in [2.75, 3.05) is 6.54 Å². The molecule has 1 heterocycles. The zero-order chi connectivity index (χ0) is 13.0. The number of rotatable bonds is 3. The quantitative estimate of drug-likeness (QED) is 0.876. The summed E-state index contributed by atoms with van der Waals surface area (Å²) in [6, 6.07) is 8.55. The van der Waals surface area contributed by atoms with E-state index < -0.39 is 0 Å². The predicted molar refractivity (Wildman–Crippen MR) is 76.0 cm³/mol. The maximum atomic E-state index is 5.79. The van der Waals surface area contributed by atoms with Crippen molar-refractivity contribution >= 4 is 0 Å². The first kappa shape index (κ1) is 13.4. The average Bonchev–Trinajstić information content (AvgIpc) is 2.55. The van der Waals surface area contributed by atoms with Gasteiger partial charge in [0.25, 0.3) is 0 Å². The summed E-state index contributed by atoms with van der Waals surface area (Å²) in [5.41, 5.74) is 1.45. The van der Waals surface area contributed by atoms with Crippen LogP contribution in [0.15, 0.2) is 24.3 Å². The summed E-state index contributed by atoms with van der Waals surface area (Å²) in [6.07, 6.45) is 5.37. The molecule has 0 radical (unpaired) electrons. The van der Waals surface area contributed by atoms with Crippen LogP contribution < -0.4 is 10.1 Å². The second kappa shape index (κ2) is 5.75. The fraction of sp³-hybridized carbons (Fsp3) is 0.625. The zero-order valence-corrected chi connectivity index (χ0v) is 11.8. The van der Waals surface area contributed by atoms with E-state index in [4.69, 9.17) is 4.74 Å². The van der Waals surface area contributed by atoms with E-state index in [0.717, 1.165) is 12.3 Å². The van der Waals surface area contributed by atoms with Crippen molar-refractivity contribution in [3.05, 3.63) is 29.8 Å². The molecule has 1 unspecified atom stereocenters. The molecule has 0 spiro atoms. The molecule has 1 fully saturated rings. The fourth-order valence-electron chi connectivity index (χ4n) is 2.66. The van der Waals surface area contributed by atoms with Gasteiger partial charge in [-0.25, -0.2) is 0 Å². The minimum Gasteiger partial charge on any atom is -0.491 e. The van der Waals surface area contributed by atoms with Crippen molar-refractivity contribution in [2.45, 2.75) is 58.1 Å². The molecule has 0 saturated carbocycles. The highest BCUT2D eigenvalue weighted by Gasteiger charge is 2.27. The van der Waals surface area contributed by atoms with Crippen molar-refractivity contribution in [3.8, 4) is 5.75 Å². The Morgan fingerprint density at radius 2 is 2.06 bits per heavy atom. The standard InChI is InChI=1S/C16H25NO/c1-13(2)18-15-9-7-8-14(12-15)16(3)10-5-4-6-11-17-16/h7-9,12-13,17H,4-6,10-11H2,1-3H3. The third-order valence-corrected chi connectivity index (χ3v) is 3.71. The highest BCUT2D eigenvalue weighted by molar-refractivity contribution is 5.33. The zero-order valence-electron chi connectivity index (χ0n) is 11.8. The molecule has 1 aromatic rings. The number of benzene rings is 1. The van der Waals surface area contributed by atoms with Crippen molar-refractivity contribution < 1.29 is 4.74 Å². The van der Waals surface area contributed by atoms with Gasteiger partial charge in [0.1, 0.15) is 5.75 Å². The molecule has 2 heteroatoms. The van der Waals surface area contributed by atoms with E-state index in [2.05, 4.69) is 44.3 Å². The van der Waals surface area contributed by atoms with Crippen molar-refractivity contribution in [2.24, 2.45) is 0 Å². The largest absolute Gasteiger partial charge is 0.491 e. The van der Waals surface area contributed by atoms with Gasteiger partial charge in [0, 0.05) is 5.54 Å². The molecule has 100 valence electrons. The summed E-state index contributed by atoms with van der Waals surface area (Å²) in [6.45, 7) is 7.56. The molecule has 1 aliphatic heterocycles. The normalized spacial score (nSPS) is 24.9. The molecule has 1 aliphatic rings. The van der Waals surface area contributed by atoms with Gasteiger partial charge in [-0.05, 0) is 57.9 Å². The molecule has 0 aromatic heterocycles. The first-order chi connectivity index (χ1) is 8.60. The third kappa shape index (κ3) is 3.26. The highest BCUT2D eigenvalue weighted by Crippen LogP contribution is 2.31. The summed E-state index contributed by atoms with van der Waals surface area (Å²) in [4.78, 5) is 0. The van der Waals surface area contributed by atoms with E-state index in [-0.39, 0.29) is 11.6 Å². The van der Waals surface area contributed by atoms with Gasteiger partial charge in [-0.3, -0.25) is 0 Å². The Labute approximate surface area is 111 Å². The number of hydrogen-bond donors (Lipinski definition) is 1. The van der Waals surface area contributed by atoms with Gasteiger partial charge < -0.3 is 10.1 Å². The molecule has 1 saturated heterocycles. The van der Waals surface area contributed by atoms with Crippen LogP contribution in [-0.2, 0) is 5.54 Å². The lowest BCUT2D eigenvalue weighted by atomic mass is 9.87. The van der Waals surface area contributed by atoms with Gasteiger partial charge in [0.05, 0.1) is 6.10 Å². The van der Waals surface area contributed by atoms with Crippen molar-refractivity contribution in [1.82, 2.24) is 5.32 Å². The van der Waals surface area contributed by atoms with Crippen LogP contribution in [0.1, 0.15) is 52.0 Å². The maximum absolute atomic E-state index is 5.79. The second-order valence-electron chi connectivity index (χ2n) is 5.76. The topological polar surface area (TPSA) is 21.3 Å². The summed E-state index contributed by atoms with van der Waals surface area (Å²) < 4.78 is 5.79. The molecule has 1 atom stereocenters. The Balaban J connectivity index is 2.20. The molecule has 1 N–H and O–H groups in total. The van der Waals surface area contributed by atoms with Crippen LogP contribution in [0.5, 0.6) is 5.75 Å². The van der Waals surface area contributed by atoms with Gasteiger partial charge in [0.2, 0.25) is 0 Å². The lowest BCUT2D eigenvalue weighted by Crippen LogP contribution is -2.38. The minimum absolute atomic E-state index is 0.104. The molecule has 0 aliphatic carbocycles. The van der Waals surface area contributed by atoms with Gasteiger partial charge >= 0.3 is 0 Å². The predicted octanol–water partition coefficient (Wildman–Crippen LogP) is 3.85. The van der Waals surface area contributed by atoms with Crippen LogP contribution in [-0.4, -0.2) is 12.6 Å². The van der Waals surface area contributed by atoms with Gasteiger partial charge in [-0.1, -0.05) is 25.0 Å². The Bertz CT molecular complexity index is 378. The van der Waals surface area contributed by atoms with E-state index >= 15 is 0 Å². The first-order valence-electron chi connectivity index (χ1n) is 7.12. The smallest absolute Gasteiger partial charge is 0.120 e. The van der Waals surface area contributed by atoms with Crippen LogP contribution in [0.25, 0.3) is 0 Å². The van der Waals surface area contributed by atoms with Gasteiger partial charge in [-0.2, -0.15) is 0 Å². The Kier molecular flexibility index (Phi) is 4.28. The number of hydrogen-bond acceptors (Lipinski definition) is 2. The Hall–Kier alpha value is -1.02. The lowest BCUT2D eigenvalue weighted by Gasteiger charge is -2.30. The Morgan fingerprint density at radius 1 is 1.22 bits per heavy atom. The van der Waals surface area contributed by atoms with E-state index in [0.29, 0.717) is 0 Å². The monoisotopic (exact) mass is 247 g/mol. The van der Waals surface area contributed by atoms with E-state index in [9.17, 15) is 0 Å². The van der Waals surface area contributed by atoms with Gasteiger partial charge in [0.15, 0.2) is 0 Å². The van der Waals surface area contributed by atoms with Crippen molar-refractivity contribution in [3.63, 3.8) is 0 Å². The molecule has 2 nitrogen and oxygen atoms in total. The SMILES string of the molecule is CC(C)Oc1cccc(C2(C)CCCCCN2)c1. The summed E-state index contributed by atoms with van der Waals surface area (Å²) in [5, 5.41) is 3.70. The van der Waals surface area contributed by atoms with Crippen LogP contribution in [0, 0.1) is 0 Å². The molecule has 0 bridgehead atoms. The average molecular weight is 247 g/mol. The summed E-state index contributed by atoms with van der Waals surface area (Å²) in [7, 11) is 0. The Morgan fingerprint density at radius 3 is 2.83 bits per heavy atom. The molecule has 0 amide bonds. The molecular formula is C16H25NO. The number of ether oxygens (including phenoxy) is 1. The third-order valence-electron chi connectivity index (χ3n) is 3.71.